The van der Waals surface area contributed by atoms with Crippen molar-refractivity contribution in [3.05, 3.63) is 30.0 Å². The van der Waals surface area contributed by atoms with E-state index in [-0.39, 0.29) is 18.2 Å². The molecule has 25 heavy (non-hydrogen) atoms. The van der Waals surface area contributed by atoms with Crippen LogP contribution in [0.2, 0.25) is 0 Å². The zero-order valence-electron chi connectivity index (χ0n) is 14.8. The summed E-state index contributed by atoms with van der Waals surface area (Å²) in [5.74, 6) is 0. The second-order valence-electron chi connectivity index (χ2n) is 7.02. The first-order valence-electron chi connectivity index (χ1n) is 9.31. The summed E-state index contributed by atoms with van der Waals surface area (Å²) in [7, 11) is 1.96. The number of rotatable bonds is 4. The van der Waals surface area contributed by atoms with Gasteiger partial charge >= 0.3 is 6.03 Å². The van der Waals surface area contributed by atoms with E-state index in [0.717, 1.165) is 61.9 Å². The molecule has 6 heteroatoms. The highest BCUT2D eigenvalue weighted by molar-refractivity contribution is 5.82. The van der Waals surface area contributed by atoms with E-state index in [9.17, 15) is 4.79 Å². The van der Waals surface area contributed by atoms with E-state index in [1.165, 1.54) is 0 Å². The van der Waals surface area contributed by atoms with E-state index in [4.69, 9.17) is 4.74 Å². The molecule has 6 nitrogen and oxygen atoms in total. The van der Waals surface area contributed by atoms with Gasteiger partial charge in [0.25, 0.3) is 0 Å². The molecule has 2 aliphatic rings. The monoisotopic (exact) mass is 342 g/mol. The van der Waals surface area contributed by atoms with Gasteiger partial charge < -0.3 is 15.0 Å². The van der Waals surface area contributed by atoms with Gasteiger partial charge in [-0.1, -0.05) is 18.2 Å². The molecule has 1 aromatic carbocycles. The van der Waals surface area contributed by atoms with Gasteiger partial charge in [-0.3, -0.25) is 4.68 Å². The van der Waals surface area contributed by atoms with Crippen molar-refractivity contribution in [1.29, 1.82) is 0 Å². The zero-order valence-corrected chi connectivity index (χ0v) is 14.8. The maximum absolute atomic E-state index is 12.6. The number of para-hydroxylation sites is 1. The van der Waals surface area contributed by atoms with Gasteiger partial charge in [0.05, 0.1) is 23.4 Å². The predicted molar refractivity (Wildman–Crippen MR) is 96.5 cm³/mol. The number of likely N-dealkylation sites (tertiary alicyclic amines) is 1. The van der Waals surface area contributed by atoms with Crippen LogP contribution in [-0.4, -0.2) is 52.6 Å². The van der Waals surface area contributed by atoms with Crippen molar-refractivity contribution in [1.82, 2.24) is 20.0 Å². The van der Waals surface area contributed by atoms with Crippen LogP contribution >= 0.6 is 0 Å². The van der Waals surface area contributed by atoms with Crippen LogP contribution in [0.25, 0.3) is 10.9 Å². The highest BCUT2D eigenvalue weighted by Crippen LogP contribution is 2.27. The number of urea groups is 1. The van der Waals surface area contributed by atoms with Crippen LogP contribution in [0.4, 0.5) is 4.79 Å². The number of ether oxygens (including phenoxy) is 1. The van der Waals surface area contributed by atoms with Crippen molar-refractivity contribution in [2.24, 2.45) is 7.05 Å². The molecule has 2 amide bonds. The maximum Gasteiger partial charge on any atom is 0.317 e. The predicted octanol–water partition coefficient (Wildman–Crippen LogP) is 2.47. The second kappa shape index (κ2) is 7.04. The van der Waals surface area contributed by atoms with Gasteiger partial charge in [0.2, 0.25) is 0 Å². The zero-order chi connectivity index (χ0) is 17.2. The number of hydrogen-bond acceptors (Lipinski definition) is 3. The summed E-state index contributed by atoms with van der Waals surface area (Å²) < 4.78 is 7.71. The van der Waals surface area contributed by atoms with Crippen LogP contribution in [0.1, 0.15) is 31.4 Å². The molecule has 2 saturated heterocycles. The van der Waals surface area contributed by atoms with Gasteiger partial charge in [-0.25, -0.2) is 4.79 Å². The number of nitrogens with one attached hydrogen (secondary N) is 1. The Balaban J connectivity index is 1.35. The number of fused-ring (bicyclic) bond motifs is 1. The Hall–Kier alpha value is -2.08. The van der Waals surface area contributed by atoms with Gasteiger partial charge in [-0.15, -0.1) is 0 Å². The van der Waals surface area contributed by atoms with E-state index in [1.54, 1.807) is 0 Å². The van der Waals surface area contributed by atoms with Crippen molar-refractivity contribution < 1.29 is 9.53 Å². The smallest absolute Gasteiger partial charge is 0.317 e. The number of aromatic nitrogens is 2. The summed E-state index contributed by atoms with van der Waals surface area (Å²) in [6.07, 6.45) is 5.29. The lowest BCUT2D eigenvalue weighted by molar-refractivity contribution is 0.0521. The average molecular weight is 342 g/mol. The summed E-state index contributed by atoms with van der Waals surface area (Å²) >= 11 is 0. The third kappa shape index (κ3) is 3.23. The van der Waals surface area contributed by atoms with Gasteiger partial charge in [0, 0.05) is 38.6 Å². The Kier molecular flexibility index (Phi) is 4.61. The minimum absolute atomic E-state index is 0.0400. The molecule has 0 aliphatic carbocycles. The highest BCUT2D eigenvalue weighted by Gasteiger charge is 2.36. The van der Waals surface area contributed by atoms with E-state index < -0.39 is 0 Å². The third-order valence-corrected chi connectivity index (χ3v) is 5.43. The Labute approximate surface area is 148 Å². The Morgan fingerprint density at radius 1 is 1.32 bits per heavy atom. The summed E-state index contributed by atoms with van der Waals surface area (Å²) in [5.41, 5.74) is 2.16. The number of aryl methyl sites for hydroxylation is 1. The van der Waals surface area contributed by atoms with Crippen molar-refractivity contribution in [3.63, 3.8) is 0 Å². The minimum atomic E-state index is 0.0400. The lowest BCUT2D eigenvalue weighted by Gasteiger charge is -2.28. The van der Waals surface area contributed by atoms with Crippen LogP contribution in [0.3, 0.4) is 0 Å². The molecular weight excluding hydrogens is 316 g/mol. The van der Waals surface area contributed by atoms with Crippen LogP contribution in [-0.2, 0) is 18.2 Å². The fraction of sp³-hybridized carbons (Fsp3) is 0.579. The van der Waals surface area contributed by atoms with Crippen LogP contribution in [0.15, 0.2) is 24.3 Å². The molecule has 0 saturated carbocycles. The molecule has 2 atom stereocenters. The third-order valence-electron chi connectivity index (χ3n) is 5.43. The average Bonchev–Trinajstić information content (AvgIpc) is 3.35. The second-order valence-corrected chi connectivity index (χ2v) is 7.02. The minimum Gasteiger partial charge on any atom is -0.376 e. The summed E-state index contributed by atoms with van der Waals surface area (Å²) in [5, 5.41) is 8.84. The lowest BCUT2D eigenvalue weighted by atomic mass is 10.1. The molecule has 0 radical (unpaired) electrons. The summed E-state index contributed by atoms with van der Waals surface area (Å²) in [6, 6.07) is 8.50. The largest absolute Gasteiger partial charge is 0.376 e. The molecule has 0 unspecified atom stereocenters. The Morgan fingerprint density at radius 3 is 3.04 bits per heavy atom. The lowest BCUT2D eigenvalue weighted by Crippen LogP contribution is -2.47. The molecule has 0 spiro atoms. The van der Waals surface area contributed by atoms with E-state index >= 15 is 0 Å². The highest BCUT2D eigenvalue weighted by atomic mass is 16.5. The molecule has 0 bridgehead atoms. The van der Waals surface area contributed by atoms with Crippen molar-refractivity contribution in [3.8, 4) is 0 Å². The fourth-order valence-electron chi connectivity index (χ4n) is 4.20. The van der Waals surface area contributed by atoms with Gasteiger partial charge in [0.15, 0.2) is 0 Å². The molecule has 134 valence electrons. The molecular formula is C19H26N4O2. The molecule has 2 fully saturated rings. The first kappa shape index (κ1) is 16.4. The van der Waals surface area contributed by atoms with Crippen molar-refractivity contribution >= 4 is 16.9 Å². The van der Waals surface area contributed by atoms with Crippen LogP contribution < -0.4 is 5.32 Å². The topological polar surface area (TPSA) is 59.4 Å². The molecule has 1 aromatic heterocycles. The molecule has 3 heterocycles. The molecule has 2 aromatic rings. The molecule has 2 aliphatic heterocycles. The fourth-order valence-corrected chi connectivity index (χ4v) is 4.20. The number of nitrogens with zero attached hydrogens (tertiary/aromatic N) is 3. The first-order chi connectivity index (χ1) is 12.2. The quantitative estimate of drug-likeness (QED) is 0.928. The summed E-state index contributed by atoms with van der Waals surface area (Å²) in [6.45, 7) is 2.28. The van der Waals surface area contributed by atoms with E-state index in [2.05, 4.69) is 22.5 Å². The van der Waals surface area contributed by atoms with Crippen LogP contribution in [0.5, 0.6) is 0 Å². The molecule has 1 N–H and O–H groups in total. The van der Waals surface area contributed by atoms with Gasteiger partial charge in [-0.05, 0) is 31.7 Å². The van der Waals surface area contributed by atoms with E-state index in [1.807, 2.05) is 28.8 Å². The van der Waals surface area contributed by atoms with Gasteiger partial charge in [0.1, 0.15) is 0 Å². The molecule has 4 rings (SSSR count). The van der Waals surface area contributed by atoms with E-state index in [0.29, 0.717) is 6.54 Å². The first-order valence-corrected chi connectivity index (χ1v) is 9.31. The number of benzene rings is 1. The number of carbonyl (C=O) groups is 1. The Morgan fingerprint density at radius 2 is 2.20 bits per heavy atom. The van der Waals surface area contributed by atoms with Crippen LogP contribution in [0, 0.1) is 0 Å². The number of hydrogen-bond donors (Lipinski definition) is 1. The van der Waals surface area contributed by atoms with Crippen molar-refractivity contribution in [2.75, 3.05) is 19.7 Å². The van der Waals surface area contributed by atoms with Gasteiger partial charge in [-0.2, -0.15) is 5.10 Å². The number of amides is 2. The number of carbonyl (C=O) groups excluding carboxylic acids is 1. The normalized spacial score (nSPS) is 23.5. The SMILES string of the molecule is Cn1nc(CCNC(=O)N2CCC[C@H]2[C@H]2CCCO2)c2ccccc21. The standard InChI is InChI=1S/C19H26N4O2/c1-22-16-7-3-2-6-14(16)15(21-22)10-11-20-19(24)23-12-4-8-17(23)18-9-5-13-25-18/h2-3,6-7,17-18H,4-5,8-13H2,1H3,(H,20,24)/t17-,18+/m0/s1. The summed E-state index contributed by atoms with van der Waals surface area (Å²) in [4.78, 5) is 14.6. The Bertz CT molecular complexity index is 751. The maximum atomic E-state index is 12.6. The van der Waals surface area contributed by atoms with Crippen molar-refractivity contribution in [2.45, 2.75) is 44.2 Å².